The van der Waals surface area contributed by atoms with E-state index in [1.54, 1.807) is 0 Å². The van der Waals surface area contributed by atoms with Crippen LogP contribution in [0.25, 0.3) is 0 Å². The summed E-state index contributed by atoms with van der Waals surface area (Å²) in [5, 5.41) is 12.5. The van der Waals surface area contributed by atoms with Crippen molar-refractivity contribution in [3.8, 4) is 0 Å². The van der Waals surface area contributed by atoms with E-state index in [4.69, 9.17) is 0 Å². The van der Waals surface area contributed by atoms with Gasteiger partial charge in [0.1, 0.15) is 12.6 Å². The molecule has 1 aliphatic rings. The van der Waals surface area contributed by atoms with Crippen LogP contribution in [0.4, 0.5) is 8.78 Å². The maximum Gasteiger partial charge on any atom is 0.289 e. The number of hydrogen-bond acceptors (Lipinski definition) is 3. The Kier molecular flexibility index (Phi) is 7.17. The summed E-state index contributed by atoms with van der Waals surface area (Å²) in [6.07, 6.45) is 0. The van der Waals surface area contributed by atoms with Crippen molar-refractivity contribution < 1.29 is 13.9 Å². The Morgan fingerprint density at radius 1 is 0.958 bits per heavy atom. The van der Waals surface area contributed by atoms with Crippen molar-refractivity contribution in [1.29, 1.82) is 0 Å². The number of piperazine rings is 1. The van der Waals surface area contributed by atoms with Crippen molar-refractivity contribution in [3.05, 3.63) is 33.4 Å². The molecule has 1 aromatic rings. The second kappa shape index (κ2) is 8.09. The number of nitrogens with zero attached hydrogens (tertiary/aromatic N) is 1. The van der Waals surface area contributed by atoms with Crippen molar-refractivity contribution in [1.82, 2.24) is 10.2 Å². The van der Waals surface area contributed by atoms with Gasteiger partial charge in [-0.15, -0.1) is 12.4 Å². The average molecular weight is 363 g/mol. The molecule has 1 aromatic carbocycles. The van der Waals surface area contributed by atoms with Gasteiger partial charge in [0, 0.05) is 26.2 Å². The Morgan fingerprint density at radius 3 is 1.79 bits per heavy atom. The third-order valence-electron chi connectivity index (χ3n) is 5.46. The number of rotatable bonds is 4. The summed E-state index contributed by atoms with van der Waals surface area (Å²) in [4.78, 5) is 1.82. The Morgan fingerprint density at radius 2 is 1.38 bits per heavy atom. The van der Waals surface area contributed by atoms with Crippen LogP contribution in [-0.4, -0.2) is 48.7 Å². The standard InChI is InChI=1S/C18H28F2N2O.ClH/c1-11-12(2)14(4)16(15(5)13(11)3)17(18(19,20)10-23)22-8-6-21-7-9-22;/h17,21,23H,6-10H2,1-5H3;1H/t17-;/m1./s1. The molecule has 1 saturated heterocycles. The zero-order valence-corrected chi connectivity index (χ0v) is 16.0. The summed E-state index contributed by atoms with van der Waals surface area (Å²) < 4.78 is 29.4. The summed E-state index contributed by atoms with van der Waals surface area (Å²) in [6, 6.07) is -1.08. The highest BCUT2D eigenvalue weighted by Crippen LogP contribution is 2.41. The van der Waals surface area contributed by atoms with Crippen molar-refractivity contribution in [2.75, 3.05) is 32.8 Å². The SMILES string of the molecule is Cc1c(C)c(C)c([C@@H](N2CCNCC2)C(F)(F)CO)c(C)c1C.Cl. The van der Waals surface area contributed by atoms with Crippen LogP contribution in [0.2, 0.25) is 0 Å². The molecule has 1 fully saturated rings. The van der Waals surface area contributed by atoms with Crippen molar-refractivity contribution >= 4 is 12.4 Å². The van der Waals surface area contributed by atoms with Crippen LogP contribution >= 0.6 is 12.4 Å². The molecule has 1 aliphatic heterocycles. The minimum Gasteiger partial charge on any atom is -0.390 e. The first kappa shape index (κ1) is 21.3. The zero-order valence-electron chi connectivity index (χ0n) is 15.2. The van der Waals surface area contributed by atoms with Gasteiger partial charge in [-0.3, -0.25) is 4.90 Å². The van der Waals surface area contributed by atoms with E-state index in [9.17, 15) is 13.9 Å². The number of aliphatic hydroxyl groups is 1. The molecule has 138 valence electrons. The lowest BCUT2D eigenvalue weighted by atomic mass is 9.83. The number of hydrogen-bond donors (Lipinski definition) is 2. The molecule has 2 rings (SSSR count). The quantitative estimate of drug-likeness (QED) is 0.863. The third kappa shape index (κ3) is 3.74. The van der Waals surface area contributed by atoms with Crippen molar-refractivity contribution in [2.45, 2.75) is 46.6 Å². The van der Waals surface area contributed by atoms with Gasteiger partial charge in [0.15, 0.2) is 0 Å². The Balaban J connectivity index is 0.00000288. The number of nitrogens with one attached hydrogen (secondary N) is 1. The predicted octanol–water partition coefficient (Wildman–Crippen LogP) is 3.22. The predicted molar refractivity (Wildman–Crippen MR) is 96.6 cm³/mol. The lowest BCUT2D eigenvalue weighted by Gasteiger charge is -2.40. The highest BCUT2D eigenvalue weighted by Gasteiger charge is 2.45. The topological polar surface area (TPSA) is 35.5 Å². The van der Waals surface area contributed by atoms with Crippen LogP contribution in [-0.2, 0) is 0 Å². The smallest absolute Gasteiger partial charge is 0.289 e. The molecular weight excluding hydrogens is 334 g/mol. The molecule has 3 nitrogen and oxygen atoms in total. The molecule has 1 heterocycles. The number of halogens is 3. The fourth-order valence-electron chi connectivity index (χ4n) is 3.63. The Labute approximate surface area is 149 Å². The van der Waals surface area contributed by atoms with Gasteiger partial charge in [-0.25, -0.2) is 8.78 Å². The highest BCUT2D eigenvalue weighted by molar-refractivity contribution is 5.85. The van der Waals surface area contributed by atoms with Gasteiger partial charge in [0.2, 0.25) is 0 Å². The fraction of sp³-hybridized carbons (Fsp3) is 0.667. The summed E-state index contributed by atoms with van der Waals surface area (Å²) >= 11 is 0. The third-order valence-corrected chi connectivity index (χ3v) is 5.46. The average Bonchev–Trinajstić information content (AvgIpc) is 2.55. The molecule has 1 atom stereocenters. The molecule has 0 aliphatic carbocycles. The van der Waals surface area contributed by atoms with Crippen LogP contribution in [0.5, 0.6) is 0 Å². The normalized spacial score (nSPS) is 17.5. The Hall–Kier alpha value is -0.750. The summed E-state index contributed by atoms with van der Waals surface area (Å²) in [6.45, 7) is 11.2. The highest BCUT2D eigenvalue weighted by atomic mass is 35.5. The van der Waals surface area contributed by atoms with Gasteiger partial charge in [-0.2, -0.15) is 0 Å². The van der Waals surface area contributed by atoms with Crippen molar-refractivity contribution in [3.63, 3.8) is 0 Å². The summed E-state index contributed by atoms with van der Waals surface area (Å²) in [5.41, 5.74) is 5.82. The van der Waals surface area contributed by atoms with Crippen LogP contribution in [0, 0.1) is 34.6 Å². The molecule has 0 spiro atoms. The molecule has 2 N–H and O–H groups in total. The van der Waals surface area contributed by atoms with E-state index in [1.165, 1.54) is 0 Å². The van der Waals surface area contributed by atoms with Gasteiger partial charge < -0.3 is 10.4 Å². The molecule has 0 aromatic heterocycles. The van der Waals surface area contributed by atoms with E-state index in [-0.39, 0.29) is 12.4 Å². The fourth-order valence-corrected chi connectivity index (χ4v) is 3.63. The lowest BCUT2D eigenvalue weighted by Crippen LogP contribution is -2.51. The number of aliphatic hydroxyl groups excluding tert-OH is 1. The summed E-state index contributed by atoms with van der Waals surface area (Å²) in [7, 11) is 0. The second-order valence-corrected chi connectivity index (χ2v) is 6.65. The largest absolute Gasteiger partial charge is 0.390 e. The molecule has 0 saturated carbocycles. The van der Waals surface area contributed by atoms with E-state index in [0.29, 0.717) is 31.7 Å². The molecule has 24 heavy (non-hydrogen) atoms. The molecule has 0 unspecified atom stereocenters. The van der Waals surface area contributed by atoms with Gasteiger partial charge >= 0.3 is 0 Å². The molecule has 0 bridgehead atoms. The van der Waals surface area contributed by atoms with E-state index >= 15 is 0 Å². The first-order chi connectivity index (χ1) is 10.7. The van der Waals surface area contributed by atoms with Gasteiger partial charge in [0.05, 0.1) is 0 Å². The van der Waals surface area contributed by atoms with Crippen molar-refractivity contribution in [2.24, 2.45) is 0 Å². The minimum atomic E-state index is -3.17. The van der Waals surface area contributed by atoms with E-state index in [1.807, 2.05) is 39.5 Å². The number of alkyl halides is 2. The molecule has 0 amide bonds. The first-order valence-corrected chi connectivity index (χ1v) is 8.22. The van der Waals surface area contributed by atoms with Crippen LogP contribution in [0.3, 0.4) is 0 Å². The maximum atomic E-state index is 14.7. The zero-order chi connectivity index (χ0) is 17.4. The van der Waals surface area contributed by atoms with E-state index in [0.717, 1.165) is 27.8 Å². The number of benzene rings is 1. The molecule has 6 heteroatoms. The second-order valence-electron chi connectivity index (χ2n) is 6.65. The minimum absolute atomic E-state index is 0. The maximum absolute atomic E-state index is 14.7. The van der Waals surface area contributed by atoms with Gasteiger partial charge in [-0.05, 0) is 68.0 Å². The van der Waals surface area contributed by atoms with E-state index in [2.05, 4.69) is 5.32 Å². The molecule has 0 radical (unpaired) electrons. The monoisotopic (exact) mass is 362 g/mol. The summed E-state index contributed by atoms with van der Waals surface area (Å²) in [5.74, 6) is -3.17. The lowest BCUT2D eigenvalue weighted by molar-refractivity contribution is -0.119. The Bertz CT molecular complexity index is 558. The van der Waals surface area contributed by atoms with Gasteiger partial charge in [-0.1, -0.05) is 0 Å². The molecular formula is C18H29ClF2N2O. The van der Waals surface area contributed by atoms with Gasteiger partial charge in [0.25, 0.3) is 5.92 Å². The van der Waals surface area contributed by atoms with E-state index < -0.39 is 18.6 Å². The van der Waals surface area contributed by atoms with Crippen LogP contribution in [0.1, 0.15) is 39.4 Å². The van der Waals surface area contributed by atoms with Crippen LogP contribution < -0.4 is 5.32 Å². The van der Waals surface area contributed by atoms with Crippen LogP contribution in [0.15, 0.2) is 0 Å². The first-order valence-electron chi connectivity index (χ1n) is 8.22.